The topological polar surface area (TPSA) is 74.3 Å². The van der Waals surface area contributed by atoms with Crippen molar-refractivity contribution in [1.82, 2.24) is 15.2 Å². The van der Waals surface area contributed by atoms with Gasteiger partial charge in [-0.3, -0.25) is 9.78 Å². The molecule has 0 unspecified atom stereocenters. The molecule has 1 saturated heterocycles. The van der Waals surface area contributed by atoms with Gasteiger partial charge in [-0.15, -0.1) is 0 Å². The molecule has 2 N–H and O–H groups in total. The Morgan fingerprint density at radius 1 is 1.18 bits per heavy atom. The molecule has 6 heteroatoms. The molecule has 0 spiro atoms. The van der Waals surface area contributed by atoms with Gasteiger partial charge in [0.2, 0.25) is 5.91 Å². The fraction of sp³-hybridized carbons (Fsp3) is 0.312. The van der Waals surface area contributed by atoms with Gasteiger partial charge in [0.1, 0.15) is 0 Å². The second-order valence-corrected chi connectivity index (χ2v) is 5.30. The Balaban J connectivity index is 1.60. The van der Waals surface area contributed by atoms with Crippen LogP contribution in [0, 0.1) is 0 Å². The summed E-state index contributed by atoms with van der Waals surface area (Å²) < 4.78 is 0. The highest BCUT2D eigenvalue weighted by Gasteiger charge is 2.18. The molecule has 0 aliphatic carbocycles. The number of aromatic nitrogens is 1. The first-order valence-corrected chi connectivity index (χ1v) is 7.39. The van der Waals surface area contributed by atoms with Crippen LogP contribution in [0.5, 0.6) is 0 Å². The molecule has 1 aromatic carbocycles. The second-order valence-electron chi connectivity index (χ2n) is 5.30. The number of carbonyl (C=O) groups is 2. The molecule has 2 heterocycles. The summed E-state index contributed by atoms with van der Waals surface area (Å²) in [5.41, 5.74) is 0.700. The molecule has 3 rings (SSSR count). The van der Waals surface area contributed by atoms with Crippen LogP contribution in [0.2, 0.25) is 0 Å². The minimum Gasteiger partial charge on any atom is -0.341 e. The van der Waals surface area contributed by atoms with Gasteiger partial charge in [-0.2, -0.15) is 0 Å². The Bertz CT molecular complexity index is 690. The molecule has 0 bridgehead atoms. The van der Waals surface area contributed by atoms with Gasteiger partial charge in [0, 0.05) is 36.3 Å². The number of carbonyl (C=O) groups excluding carboxylic acids is 2. The predicted molar refractivity (Wildman–Crippen MR) is 84.6 cm³/mol. The number of hydrogen-bond donors (Lipinski definition) is 2. The number of anilines is 1. The van der Waals surface area contributed by atoms with E-state index in [2.05, 4.69) is 15.6 Å². The summed E-state index contributed by atoms with van der Waals surface area (Å²) in [6.45, 7) is 1.61. The van der Waals surface area contributed by atoms with Crippen molar-refractivity contribution in [2.45, 2.75) is 12.8 Å². The van der Waals surface area contributed by atoms with E-state index in [1.54, 1.807) is 17.3 Å². The molecule has 6 nitrogen and oxygen atoms in total. The summed E-state index contributed by atoms with van der Waals surface area (Å²) in [5.74, 6) is -0.0326. The molecule has 2 aromatic rings. The molecule has 22 heavy (non-hydrogen) atoms. The summed E-state index contributed by atoms with van der Waals surface area (Å²) in [7, 11) is 0. The van der Waals surface area contributed by atoms with E-state index >= 15 is 0 Å². The lowest BCUT2D eigenvalue weighted by Gasteiger charge is -2.16. The van der Waals surface area contributed by atoms with Gasteiger partial charge in [0.15, 0.2) is 0 Å². The monoisotopic (exact) mass is 298 g/mol. The van der Waals surface area contributed by atoms with Crippen LogP contribution in [0.1, 0.15) is 12.8 Å². The van der Waals surface area contributed by atoms with Gasteiger partial charge >= 0.3 is 6.03 Å². The maximum absolute atomic E-state index is 12.0. The van der Waals surface area contributed by atoms with Crippen molar-refractivity contribution in [2.75, 3.05) is 25.0 Å². The van der Waals surface area contributed by atoms with Gasteiger partial charge in [0.05, 0.1) is 12.2 Å². The number of likely N-dealkylation sites (tertiary alicyclic amines) is 1. The summed E-state index contributed by atoms with van der Waals surface area (Å²) in [6.07, 6.45) is 5.52. The smallest absolute Gasteiger partial charge is 0.319 e. The van der Waals surface area contributed by atoms with Crippen molar-refractivity contribution < 1.29 is 9.59 Å². The number of amides is 3. The Morgan fingerprint density at radius 3 is 2.82 bits per heavy atom. The first kappa shape index (κ1) is 14.3. The van der Waals surface area contributed by atoms with E-state index in [4.69, 9.17) is 0 Å². The largest absolute Gasteiger partial charge is 0.341 e. The van der Waals surface area contributed by atoms with Crippen LogP contribution in [-0.4, -0.2) is 41.5 Å². The molecule has 1 aliphatic heterocycles. The number of urea groups is 1. The Morgan fingerprint density at radius 2 is 2.00 bits per heavy atom. The second kappa shape index (κ2) is 6.43. The quantitative estimate of drug-likeness (QED) is 0.910. The zero-order chi connectivity index (χ0) is 15.4. The van der Waals surface area contributed by atoms with Crippen LogP contribution in [0.3, 0.4) is 0 Å². The zero-order valence-electron chi connectivity index (χ0n) is 12.2. The lowest BCUT2D eigenvalue weighted by molar-refractivity contribution is -0.128. The third-order valence-electron chi connectivity index (χ3n) is 3.79. The van der Waals surface area contributed by atoms with Crippen LogP contribution in [0.15, 0.2) is 36.7 Å². The Hall–Kier alpha value is -2.63. The third-order valence-corrected chi connectivity index (χ3v) is 3.79. The minimum atomic E-state index is -0.378. The van der Waals surface area contributed by atoms with Crippen LogP contribution in [0.25, 0.3) is 10.8 Å². The summed E-state index contributed by atoms with van der Waals surface area (Å²) in [6, 6.07) is 7.08. The first-order valence-electron chi connectivity index (χ1n) is 7.39. The lowest BCUT2D eigenvalue weighted by Crippen LogP contribution is -2.40. The van der Waals surface area contributed by atoms with Crippen molar-refractivity contribution in [3.63, 3.8) is 0 Å². The van der Waals surface area contributed by atoms with E-state index in [9.17, 15) is 9.59 Å². The van der Waals surface area contributed by atoms with Crippen molar-refractivity contribution in [3.05, 3.63) is 36.7 Å². The van der Waals surface area contributed by atoms with Crippen molar-refractivity contribution in [3.8, 4) is 0 Å². The number of nitrogens with zero attached hydrogens (tertiary/aromatic N) is 2. The fourth-order valence-corrected chi connectivity index (χ4v) is 2.63. The first-order chi connectivity index (χ1) is 10.7. The van der Waals surface area contributed by atoms with Gasteiger partial charge in [0.25, 0.3) is 0 Å². The number of pyridine rings is 1. The third kappa shape index (κ3) is 3.16. The molecule has 1 aliphatic rings. The highest BCUT2D eigenvalue weighted by molar-refractivity contribution is 6.01. The van der Waals surface area contributed by atoms with Crippen LogP contribution in [-0.2, 0) is 4.79 Å². The summed E-state index contributed by atoms with van der Waals surface area (Å²) >= 11 is 0. The highest BCUT2D eigenvalue weighted by Crippen LogP contribution is 2.21. The molecule has 0 saturated carbocycles. The molecule has 3 amide bonds. The maximum Gasteiger partial charge on any atom is 0.319 e. The number of benzene rings is 1. The molecule has 1 fully saturated rings. The van der Waals surface area contributed by atoms with Crippen LogP contribution in [0.4, 0.5) is 10.5 Å². The van der Waals surface area contributed by atoms with E-state index < -0.39 is 0 Å². The van der Waals surface area contributed by atoms with Gasteiger partial charge in [-0.25, -0.2) is 4.79 Å². The lowest BCUT2D eigenvalue weighted by atomic mass is 10.1. The van der Waals surface area contributed by atoms with Crippen molar-refractivity contribution in [2.24, 2.45) is 0 Å². The maximum atomic E-state index is 12.0. The predicted octanol–water partition coefficient (Wildman–Crippen LogP) is 1.98. The zero-order valence-corrected chi connectivity index (χ0v) is 12.2. The Labute approximate surface area is 128 Å². The Kier molecular flexibility index (Phi) is 4.18. The number of rotatable bonds is 3. The molecule has 1 aromatic heterocycles. The van der Waals surface area contributed by atoms with E-state index in [1.165, 1.54) is 0 Å². The standard InChI is InChI=1S/C16H18N4O2/c21-15(20-8-1-2-9-20)11-18-16(22)19-14-5-3-4-12-10-17-7-6-13(12)14/h3-7,10H,1-2,8-9,11H2,(H2,18,19,22). The van der Waals surface area contributed by atoms with E-state index in [1.807, 2.05) is 24.3 Å². The normalized spacial score (nSPS) is 14.1. The molecule has 0 radical (unpaired) electrons. The van der Waals surface area contributed by atoms with Crippen molar-refractivity contribution >= 4 is 28.4 Å². The van der Waals surface area contributed by atoms with E-state index in [0.717, 1.165) is 36.7 Å². The van der Waals surface area contributed by atoms with Crippen LogP contribution >= 0.6 is 0 Å². The molecular weight excluding hydrogens is 280 g/mol. The van der Waals surface area contributed by atoms with E-state index in [-0.39, 0.29) is 18.5 Å². The highest BCUT2D eigenvalue weighted by atomic mass is 16.2. The number of fused-ring (bicyclic) bond motifs is 1. The molecule has 0 atom stereocenters. The summed E-state index contributed by atoms with van der Waals surface area (Å²) in [4.78, 5) is 29.7. The van der Waals surface area contributed by atoms with Crippen LogP contribution < -0.4 is 10.6 Å². The SMILES string of the molecule is O=C(NCC(=O)N1CCCC1)Nc1cccc2cnccc12. The minimum absolute atomic E-state index is 0.0259. The van der Waals surface area contributed by atoms with E-state index in [0.29, 0.717) is 5.69 Å². The molecular formula is C16H18N4O2. The average Bonchev–Trinajstić information content (AvgIpc) is 3.07. The summed E-state index contributed by atoms with van der Waals surface area (Å²) in [5, 5.41) is 7.27. The van der Waals surface area contributed by atoms with Gasteiger partial charge in [-0.1, -0.05) is 12.1 Å². The fourth-order valence-electron chi connectivity index (χ4n) is 2.63. The van der Waals surface area contributed by atoms with Gasteiger partial charge in [-0.05, 0) is 25.0 Å². The number of nitrogens with one attached hydrogen (secondary N) is 2. The molecule has 114 valence electrons. The van der Waals surface area contributed by atoms with Crippen molar-refractivity contribution in [1.29, 1.82) is 0 Å². The average molecular weight is 298 g/mol. The van der Waals surface area contributed by atoms with Gasteiger partial charge < -0.3 is 15.5 Å². The number of hydrogen-bond acceptors (Lipinski definition) is 3.